The summed E-state index contributed by atoms with van der Waals surface area (Å²) in [4.78, 5) is 16.6. The van der Waals surface area contributed by atoms with Crippen molar-refractivity contribution in [2.75, 3.05) is 6.61 Å². The van der Waals surface area contributed by atoms with Crippen molar-refractivity contribution in [3.05, 3.63) is 41.7 Å². The van der Waals surface area contributed by atoms with Crippen molar-refractivity contribution in [2.24, 2.45) is 0 Å². The average molecular weight is 274 g/mol. The molecule has 1 amide bonds. The Hall–Kier alpha value is -1.68. The standard InChI is InChI=1S/C16H22N2O2/c19-12-13-8-5-3-1-2-4-6-10-15-14(16(20)18-13)9-7-11-17-15/h3,5,7,9,11,13,19H,1-2,4,6,8,10,12H2,(H,18,20)/t13-/m0/s1. The number of hydrogen-bond acceptors (Lipinski definition) is 3. The van der Waals surface area contributed by atoms with E-state index in [1.807, 2.05) is 12.1 Å². The summed E-state index contributed by atoms with van der Waals surface area (Å²) in [5.41, 5.74) is 1.49. The highest BCUT2D eigenvalue weighted by atomic mass is 16.3. The van der Waals surface area contributed by atoms with Crippen molar-refractivity contribution >= 4 is 5.91 Å². The summed E-state index contributed by atoms with van der Waals surface area (Å²) in [7, 11) is 0. The van der Waals surface area contributed by atoms with Crippen LogP contribution in [0.2, 0.25) is 0 Å². The summed E-state index contributed by atoms with van der Waals surface area (Å²) in [6, 6.07) is 3.36. The Kier molecular flexibility index (Phi) is 5.74. The largest absolute Gasteiger partial charge is 0.394 e. The first-order valence-corrected chi connectivity index (χ1v) is 7.32. The smallest absolute Gasteiger partial charge is 0.253 e. The summed E-state index contributed by atoms with van der Waals surface area (Å²) < 4.78 is 0. The molecule has 108 valence electrons. The first kappa shape index (κ1) is 14.7. The minimum atomic E-state index is -0.229. The van der Waals surface area contributed by atoms with Crippen LogP contribution in [-0.4, -0.2) is 28.6 Å². The van der Waals surface area contributed by atoms with Crippen LogP contribution in [0.3, 0.4) is 0 Å². The number of aromatic nitrogens is 1. The second-order valence-electron chi connectivity index (χ2n) is 5.16. The Labute approximate surface area is 119 Å². The number of fused-ring (bicyclic) bond motifs is 1. The fourth-order valence-corrected chi connectivity index (χ4v) is 2.40. The zero-order valence-electron chi connectivity index (χ0n) is 11.7. The molecule has 4 heteroatoms. The molecule has 1 aromatic heterocycles. The maximum Gasteiger partial charge on any atom is 0.253 e. The number of nitrogens with one attached hydrogen (secondary N) is 1. The number of hydrogen-bond donors (Lipinski definition) is 2. The third kappa shape index (κ3) is 4.17. The molecule has 0 saturated heterocycles. The Morgan fingerprint density at radius 1 is 1.30 bits per heavy atom. The molecule has 0 saturated carbocycles. The van der Waals surface area contributed by atoms with E-state index < -0.39 is 0 Å². The normalized spacial score (nSPS) is 21.1. The lowest BCUT2D eigenvalue weighted by Crippen LogP contribution is -2.37. The molecule has 1 atom stereocenters. The van der Waals surface area contributed by atoms with E-state index in [0.29, 0.717) is 12.0 Å². The van der Waals surface area contributed by atoms with Gasteiger partial charge in [-0.2, -0.15) is 0 Å². The van der Waals surface area contributed by atoms with Crippen LogP contribution < -0.4 is 5.32 Å². The molecule has 0 unspecified atom stereocenters. The Morgan fingerprint density at radius 2 is 2.20 bits per heavy atom. The van der Waals surface area contributed by atoms with Crippen LogP contribution in [0, 0.1) is 0 Å². The van der Waals surface area contributed by atoms with Gasteiger partial charge in [0.05, 0.1) is 23.9 Å². The molecule has 0 aliphatic carbocycles. The number of pyridine rings is 1. The van der Waals surface area contributed by atoms with Crippen LogP contribution in [-0.2, 0) is 6.42 Å². The third-order valence-electron chi connectivity index (χ3n) is 3.56. The van der Waals surface area contributed by atoms with E-state index in [2.05, 4.69) is 16.4 Å². The molecule has 20 heavy (non-hydrogen) atoms. The molecule has 2 N–H and O–H groups in total. The minimum Gasteiger partial charge on any atom is -0.394 e. The van der Waals surface area contributed by atoms with Gasteiger partial charge in [0.2, 0.25) is 0 Å². The topological polar surface area (TPSA) is 62.2 Å². The fourth-order valence-electron chi connectivity index (χ4n) is 2.40. The molecule has 0 fully saturated rings. The maximum absolute atomic E-state index is 12.3. The van der Waals surface area contributed by atoms with Crippen LogP contribution in [0.25, 0.3) is 0 Å². The van der Waals surface area contributed by atoms with E-state index in [1.165, 1.54) is 0 Å². The molecule has 1 aliphatic heterocycles. The lowest BCUT2D eigenvalue weighted by molar-refractivity contribution is 0.0916. The van der Waals surface area contributed by atoms with Crippen LogP contribution in [0.15, 0.2) is 30.5 Å². The predicted molar refractivity (Wildman–Crippen MR) is 78.5 cm³/mol. The van der Waals surface area contributed by atoms with Gasteiger partial charge in [0.25, 0.3) is 5.91 Å². The van der Waals surface area contributed by atoms with Gasteiger partial charge in [-0.05, 0) is 44.2 Å². The number of rotatable bonds is 1. The molecule has 1 aliphatic rings. The summed E-state index contributed by atoms with van der Waals surface area (Å²) in [6.07, 6.45) is 11.8. The molecule has 4 nitrogen and oxygen atoms in total. The van der Waals surface area contributed by atoms with Gasteiger partial charge in [-0.1, -0.05) is 18.6 Å². The molecule has 1 aromatic rings. The number of carbonyl (C=O) groups excluding carboxylic acids is 1. The van der Waals surface area contributed by atoms with Crippen molar-refractivity contribution in [2.45, 2.75) is 44.6 Å². The number of aryl methyl sites for hydroxylation is 1. The van der Waals surface area contributed by atoms with Crippen molar-refractivity contribution < 1.29 is 9.90 Å². The molecular formula is C16H22N2O2. The van der Waals surface area contributed by atoms with Gasteiger partial charge >= 0.3 is 0 Å². The second kappa shape index (κ2) is 7.80. The summed E-state index contributed by atoms with van der Waals surface area (Å²) in [5, 5.41) is 12.2. The highest BCUT2D eigenvalue weighted by Crippen LogP contribution is 2.12. The number of aliphatic hydroxyl groups excluding tert-OH is 1. The van der Waals surface area contributed by atoms with Crippen LogP contribution in [0.1, 0.15) is 48.2 Å². The van der Waals surface area contributed by atoms with Crippen LogP contribution >= 0.6 is 0 Å². The summed E-state index contributed by atoms with van der Waals surface area (Å²) in [5.74, 6) is -0.139. The van der Waals surface area contributed by atoms with E-state index in [0.717, 1.165) is 37.8 Å². The molecule has 0 spiro atoms. The van der Waals surface area contributed by atoms with Gasteiger partial charge in [0.1, 0.15) is 0 Å². The predicted octanol–water partition coefficient (Wildman–Crippen LogP) is 2.24. The van der Waals surface area contributed by atoms with Crippen molar-refractivity contribution in [3.63, 3.8) is 0 Å². The first-order chi connectivity index (χ1) is 9.81. The molecular weight excluding hydrogens is 252 g/mol. The summed E-state index contributed by atoms with van der Waals surface area (Å²) in [6.45, 7) is -0.0499. The quantitative estimate of drug-likeness (QED) is 0.772. The highest BCUT2D eigenvalue weighted by Gasteiger charge is 2.15. The third-order valence-corrected chi connectivity index (χ3v) is 3.56. The Balaban J connectivity index is 2.18. The van der Waals surface area contributed by atoms with Gasteiger partial charge in [-0.15, -0.1) is 0 Å². The van der Waals surface area contributed by atoms with Gasteiger partial charge in [-0.3, -0.25) is 9.78 Å². The zero-order chi connectivity index (χ0) is 14.2. The van der Waals surface area contributed by atoms with Crippen LogP contribution in [0.4, 0.5) is 0 Å². The number of carbonyl (C=O) groups is 1. The SMILES string of the molecule is O=C1N[C@H](CO)CC=CCCCCCc2ncccc21. The van der Waals surface area contributed by atoms with E-state index in [4.69, 9.17) is 0 Å². The van der Waals surface area contributed by atoms with E-state index >= 15 is 0 Å². The lowest BCUT2D eigenvalue weighted by atomic mass is 10.1. The molecule has 0 radical (unpaired) electrons. The number of aliphatic hydroxyl groups is 1. The van der Waals surface area contributed by atoms with Crippen molar-refractivity contribution in [3.8, 4) is 0 Å². The van der Waals surface area contributed by atoms with Gasteiger partial charge in [-0.25, -0.2) is 0 Å². The van der Waals surface area contributed by atoms with Gasteiger partial charge in [0, 0.05) is 6.20 Å². The number of nitrogens with zero attached hydrogens (tertiary/aromatic N) is 1. The minimum absolute atomic E-state index is 0.0499. The number of allylic oxidation sites excluding steroid dienone is 1. The maximum atomic E-state index is 12.3. The van der Waals surface area contributed by atoms with E-state index in [9.17, 15) is 9.90 Å². The summed E-state index contributed by atoms with van der Waals surface area (Å²) >= 11 is 0. The highest BCUT2D eigenvalue weighted by molar-refractivity contribution is 5.95. The second-order valence-corrected chi connectivity index (χ2v) is 5.16. The molecule has 2 heterocycles. The molecule has 0 bridgehead atoms. The van der Waals surface area contributed by atoms with Gasteiger partial charge < -0.3 is 10.4 Å². The fraction of sp³-hybridized carbons (Fsp3) is 0.500. The average Bonchev–Trinajstić information content (AvgIpc) is 2.49. The van der Waals surface area contributed by atoms with Gasteiger partial charge in [0.15, 0.2) is 0 Å². The molecule has 2 rings (SSSR count). The molecule has 0 aromatic carbocycles. The number of amides is 1. The van der Waals surface area contributed by atoms with E-state index in [1.54, 1.807) is 12.3 Å². The Bertz CT molecular complexity index is 471. The van der Waals surface area contributed by atoms with E-state index in [-0.39, 0.29) is 18.6 Å². The van der Waals surface area contributed by atoms with Crippen molar-refractivity contribution in [1.82, 2.24) is 10.3 Å². The first-order valence-electron chi connectivity index (χ1n) is 7.32. The van der Waals surface area contributed by atoms with Crippen molar-refractivity contribution in [1.29, 1.82) is 0 Å². The lowest BCUT2D eigenvalue weighted by Gasteiger charge is -2.15. The Morgan fingerprint density at radius 3 is 3.05 bits per heavy atom. The van der Waals surface area contributed by atoms with Crippen LogP contribution in [0.5, 0.6) is 0 Å². The zero-order valence-corrected chi connectivity index (χ0v) is 11.7. The monoisotopic (exact) mass is 274 g/mol.